The maximum Gasteiger partial charge on any atom is 0.384 e. The summed E-state index contributed by atoms with van der Waals surface area (Å²) in [5, 5.41) is 0. The monoisotopic (exact) mass is 482 g/mol. The topological polar surface area (TPSA) is 26.3 Å². The number of hydrogen-bond acceptors (Lipinski definition) is 2. The molecule has 0 aliphatic heterocycles. The lowest BCUT2D eigenvalue weighted by molar-refractivity contribution is -0.144. The van der Waals surface area contributed by atoms with Gasteiger partial charge in [-0.2, -0.15) is 0 Å². The fraction of sp³-hybridized carbons (Fsp3) is 0.848. The van der Waals surface area contributed by atoms with E-state index in [4.69, 9.17) is 11.2 Å². The summed E-state index contributed by atoms with van der Waals surface area (Å²) in [6, 6.07) is 0. The molecule has 2 nitrogen and oxygen atoms in total. The molecule has 4 rings (SSSR count). The van der Waals surface area contributed by atoms with E-state index in [1.54, 1.807) is 5.57 Å². The first-order valence-corrected chi connectivity index (χ1v) is 15.1. The lowest BCUT2D eigenvalue weighted by Crippen LogP contribution is -2.50. The Kier molecular flexibility index (Phi) is 9.99. The van der Waals surface area contributed by atoms with Crippen LogP contribution in [0.4, 0.5) is 0 Å². The smallest absolute Gasteiger partial charge is 0.384 e. The molecule has 3 saturated carbocycles. The number of carbonyl (C=O) groups is 1. The number of carbonyl (C=O) groups excluding carboxylic acids is 1. The van der Waals surface area contributed by atoms with E-state index in [-0.39, 0.29) is 6.10 Å². The summed E-state index contributed by atoms with van der Waals surface area (Å²) >= 11 is 0. The van der Waals surface area contributed by atoms with Crippen LogP contribution >= 0.6 is 0 Å². The predicted molar refractivity (Wildman–Crippen MR) is 148 cm³/mol. The largest absolute Gasteiger partial charge is 0.452 e. The van der Waals surface area contributed by atoms with Crippen molar-refractivity contribution >= 4 is 5.97 Å². The first-order valence-electron chi connectivity index (χ1n) is 15.1. The van der Waals surface area contributed by atoms with E-state index in [2.05, 4.69) is 53.5 Å². The van der Waals surface area contributed by atoms with Gasteiger partial charge in [-0.05, 0) is 91.8 Å². The van der Waals surface area contributed by atoms with Crippen molar-refractivity contribution in [1.82, 2.24) is 0 Å². The number of allylic oxidation sites excluding steroid dienone is 1. The molecule has 3 fully saturated rings. The van der Waals surface area contributed by atoms with Crippen LogP contribution in [-0.4, -0.2) is 12.1 Å². The molecule has 0 heterocycles. The van der Waals surface area contributed by atoms with Crippen LogP contribution in [0.1, 0.15) is 131 Å². The van der Waals surface area contributed by atoms with Crippen LogP contribution in [0.2, 0.25) is 0 Å². The van der Waals surface area contributed by atoms with Gasteiger partial charge < -0.3 is 4.74 Å². The Labute approximate surface area is 217 Å². The highest BCUT2D eigenvalue weighted by Crippen LogP contribution is 2.66. The second-order valence-corrected chi connectivity index (χ2v) is 13.2. The molecule has 0 bridgehead atoms. The lowest BCUT2D eigenvalue weighted by atomic mass is 9.47. The molecule has 198 valence electrons. The summed E-state index contributed by atoms with van der Waals surface area (Å²) in [7, 11) is 0. The van der Waals surface area contributed by atoms with Gasteiger partial charge >= 0.3 is 5.97 Å². The van der Waals surface area contributed by atoms with Crippen LogP contribution in [0.25, 0.3) is 0 Å². The number of ether oxygens (including phenoxy) is 1. The number of esters is 1. The molecule has 4 aliphatic carbocycles. The normalized spacial score (nSPS) is 37.7. The van der Waals surface area contributed by atoms with Gasteiger partial charge in [-0.25, -0.2) is 4.79 Å². The van der Waals surface area contributed by atoms with E-state index >= 15 is 0 Å². The fourth-order valence-corrected chi connectivity index (χ4v) is 8.44. The Bertz CT molecular complexity index is 770. The minimum absolute atomic E-state index is 0.0185. The predicted octanol–water partition coefficient (Wildman–Crippen LogP) is 9.13. The van der Waals surface area contributed by atoms with Crippen LogP contribution in [0.15, 0.2) is 11.6 Å². The molecule has 0 aromatic rings. The number of fused-ring (bicyclic) bond motifs is 5. The Morgan fingerprint density at radius 1 is 1.09 bits per heavy atom. The van der Waals surface area contributed by atoms with Crippen LogP contribution < -0.4 is 0 Å². The molecule has 7 atom stereocenters. The second-order valence-electron chi connectivity index (χ2n) is 13.2. The van der Waals surface area contributed by atoms with Gasteiger partial charge in [0.05, 0.1) is 0 Å². The average molecular weight is 483 g/mol. The molecule has 2 heteroatoms. The van der Waals surface area contributed by atoms with Crippen molar-refractivity contribution in [2.75, 3.05) is 0 Å². The highest BCUT2D eigenvalue weighted by atomic mass is 16.5. The van der Waals surface area contributed by atoms with Gasteiger partial charge in [0.25, 0.3) is 0 Å². The molecule has 0 N–H and O–H groups in total. The number of rotatable bonds is 7. The molecule has 7 unspecified atom stereocenters. The standard InChI is InChI=1S/C29H44O2.C4H10/c1-6-27(30)31-23-15-17-29(5)22(19-23)11-13-24-25-14-12-21(10-8-7-9-20(2)3)28(25,4)18-16-26(24)29;1-3-4-2/h1,11,20-21,23-26H,7-10,12-19H2,2-5H3;3-4H2,1-2H3. The molecule has 0 radical (unpaired) electrons. The minimum Gasteiger partial charge on any atom is -0.452 e. The Morgan fingerprint density at radius 2 is 1.83 bits per heavy atom. The fourth-order valence-electron chi connectivity index (χ4n) is 8.44. The maximum atomic E-state index is 11.6. The van der Waals surface area contributed by atoms with Crippen LogP contribution in [0, 0.1) is 52.8 Å². The number of unbranched alkanes of at least 4 members (excludes halogenated alkanes) is 2. The van der Waals surface area contributed by atoms with Crippen molar-refractivity contribution in [2.24, 2.45) is 40.4 Å². The van der Waals surface area contributed by atoms with Crippen LogP contribution in [0.5, 0.6) is 0 Å². The quantitative estimate of drug-likeness (QED) is 0.119. The third kappa shape index (κ3) is 6.19. The van der Waals surface area contributed by atoms with Crippen molar-refractivity contribution in [3.05, 3.63) is 11.6 Å². The van der Waals surface area contributed by atoms with Gasteiger partial charge in [0.1, 0.15) is 6.10 Å². The third-order valence-electron chi connectivity index (χ3n) is 10.7. The summed E-state index contributed by atoms with van der Waals surface area (Å²) in [4.78, 5) is 11.6. The summed E-state index contributed by atoms with van der Waals surface area (Å²) in [6.45, 7) is 14.3. The Balaban J connectivity index is 0.000000795. The highest BCUT2D eigenvalue weighted by molar-refractivity contribution is 5.87. The first-order chi connectivity index (χ1) is 16.7. The molecule has 4 aliphatic rings. The van der Waals surface area contributed by atoms with Gasteiger partial charge in [-0.3, -0.25) is 0 Å². The SMILES string of the molecule is C#CC(=O)OC1CCC2(C)C(=CCC3C2CCC2(C)C(CCCCC(C)C)CCC32)C1.CCCC. The van der Waals surface area contributed by atoms with Crippen LogP contribution in [0.3, 0.4) is 0 Å². The molecular weight excluding hydrogens is 428 g/mol. The third-order valence-corrected chi connectivity index (χ3v) is 10.7. The van der Waals surface area contributed by atoms with E-state index in [0.717, 1.165) is 48.9 Å². The van der Waals surface area contributed by atoms with Crippen molar-refractivity contribution in [1.29, 1.82) is 0 Å². The minimum atomic E-state index is -0.498. The van der Waals surface area contributed by atoms with Crippen molar-refractivity contribution in [3.8, 4) is 12.3 Å². The van der Waals surface area contributed by atoms with E-state index < -0.39 is 5.97 Å². The zero-order valence-electron chi connectivity index (χ0n) is 23.8. The highest BCUT2D eigenvalue weighted by Gasteiger charge is 2.58. The molecule has 0 aromatic heterocycles. The number of terminal acetylenes is 1. The zero-order chi connectivity index (χ0) is 25.6. The van der Waals surface area contributed by atoms with Crippen molar-refractivity contribution in [2.45, 2.75) is 138 Å². The van der Waals surface area contributed by atoms with E-state index in [0.29, 0.717) is 10.8 Å². The Morgan fingerprint density at radius 3 is 2.49 bits per heavy atom. The summed E-state index contributed by atoms with van der Waals surface area (Å²) in [5.41, 5.74) is 2.43. The van der Waals surface area contributed by atoms with Crippen LogP contribution in [-0.2, 0) is 9.53 Å². The van der Waals surface area contributed by atoms with E-state index in [9.17, 15) is 4.79 Å². The summed E-state index contributed by atoms with van der Waals surface area (Å²) < 4.78 is 5.52. The summed E-state index contributed by atoms with van der Waals surface area (Å²) in [6.07, 6.45) is 26.1. The zero-order valence-corrected chi connectivity index (χ0v) is 23.8. The van der Waals surface area contributed by atoms with Gasteiger partial charge in [-0.1, -0.05) is 85.3 Å². The van der Waals surface area contributed by atoms with Gasteiger partial charge in [0, 0.05) is 12.3 Å². The molecule has 0 saturated heterocycles. The first kappa shape index (κ1) is 28.3. The molecular formula is C33H54O2. The van der Waals surface area contributed by atoms with Crippen molar-refractivity contribution < 1.29 is 9.53 Å². The molecule has 0 aromatic carbocycles. The summed E-state index contributed by atoms with van der Waals surface area (Å²) in [5.74, 6) is 5.99. The Hall–Kier alpha value is -1.23. The van der Waals surface area contributed by atoms with Gasteiger partial charge in [0.15, 0.2) is 0 Å². The maximum absolute atomic E-state index is 11.6. The van der Waals surface area contributed by atoms with Gasteiger partial charge in [-0.15, -0.1) is 6.42 Å². The lowest BCUT2D eigenvalue weighted by Gasteiger charge is -2.58. The molecule has 35 heavy (non-hydrogen) atoms. The van der Waals surface area contributed by atoms with Gasteiger partial charge in [0.2, 0.25) is 0 Å². The average Bonchev–Trinajstić information content (AvgIpc) is 3.18. The molecule has 0 spiro atoms. The molecule has 0 amide bonds. The van der Waals surface area contributed by atoms with E-state index in [1.165, 1.54) is 70.6 Å². The van der Waals surface area contributed by atoms with Crippen molar-refractivity contribution in [3.63, 3.8) is 0 Å². The second kappa shape index (κ2) is 12.3. The van der Waals surface area contributed by atoms with E-state index in [1.807, 2.05) is 0 Å². The number of hydrogen-bond donors (Lipinski definition) is 0.